The van der Waals surface area contributed by atoms with Crippen LogP contribution in [0, 0.1) is 0 Å². The number of aliphatic hydroxyl groups is 1. The van der Waals surface area contributed by atoms with Crippen LogP contribution in [0.5, 0.6) is 0 Å². The molecule has 0 radical (unpaired) electrons. The molecule has 19 heavy (non-hydrogen) atoms. The monoisotopic (exact) mass is 275 g/mol. The summed E-state index contributed by atoms with van der Waals surface area (Å²) in [6.45, 7) is 2.51. The van der Waals surface area contributed by atoms with Crippen LogP contribution in [0.1, 0.15) is 43.4 Å². The van der Waals surface area contributed by atoms with Gasteiger partial charge in [-0.15, -0.1) is 0 Å². The van der Waals surface area contributed by atoms with Crippen molar-refractivity contribution in [1.29, 1.82) is 0 Å². The molecule has 0 saturated heterocycles. The molecule has 1 aromatic carbocycles. The van der Waals surface area contributed by atoms with Crippen molar-refractivity contribution in [3.8, 4) is 0 Å². The van der Waals surface area contributed by atoms with Gasteiger partial charge in [0.2, 0.25) is 0 Å². The molecule has 0 aliphatic carbocycles. The number of unbranched alkanes of at least 4 members (excludes halogenated alkanes) is 1. The third kappa shape index (κ3) is 6.59. The quantitative estimate of drug-likeness (QED) is 0.746. The molecule has 1 aromatic rings. The number of rotatable bonds is 7. The predicted octanol–water partition coefficient (Wildman–Crippen LogP) is 3.56. The number of hydrogen-bond acceptors (Lipinski definition) is 2. The standard InChI is InChI=1S/C14H20F3NO/c1-11(13-6-4-5-12(9-13)10-19)18-8-3-2-7-14(15,16)17/h4-6,9,11,18-19H,2-3,7-8,10H2,1H3. The van der Waals surface area contributed by atoms with Crippen molar-refractivity contribution in [2.24, 2.45) is 0 Å². The predicted molar refractivity (Wildman–Crippen MR) is 68.7 cm³/mol. The van der Waals surface area contributed by atoms with Crippen LogP contribution >= 0.6 is 0 Å². The summed E-state index contributed by atoms with van der Waals surface area (Å²) in [5.74, 6) is 0. The van der Waals surface area contributed by atoms with Gasteiger partial charge in [-0.3, -0.25) is 0 Å². The van der Waals surface area contributed by atoms with E-state index in [1.807, 2.05) is 31.2 Å². The first-order valence-corrected chi connectivity index (χ1v) is 6.42. The number of alkyl halides is 3. The molecule has 1 atom stereocenters. The van der Waals surface area contributed by atoms with Crippen molar-refractivity contribution in [3.05, 3.63) is 35.4 Å². The fraction of sp³-hybridized carbons (Fsp3) is 0.571. The van der Waals surface area contributed by atoms with Crippen molar-refractivity contribution in [1.82, 2.24) is 5.32 Å². The van der Waals surface area contributed by atoms with Crippen LogP contribution in [0.2, 0.25) is 0 Å². The van der Waals surface area contributed by atoms with E-state index in [0.717, 1.165) is 11.1 Å². The third-order valence-corrected chi connectivity index (χ3v) is 2.97. The zero-order valence-electron chi connectivity index (χ0n) is 11.0. The number of hydrogen-bond donors (Lipinski definition) is 2. The summed E-state index contributed by atoms with van der Waals surface area (Å²) >= 11 is 0. The summed E-state index contributed by atoms with van der Waals surface area (Å²) in [4.78, 5) is 0. The first-order chi connectivity index (χ1) is 8.92. The smallest absolute Gasteiger partial charge is 0.389 e. The summed E-state index contributed by atoms with van der Waals surface area (Å²) in [5.41, 5.74) is 1.87. The molecule has 0 aromatic heterocycles. The number of benzene rings is 1. The number of nitrogens with one attached hydrogen (secondary N) is 1. The lowest BCUT2D eigenvalue weighted by molar-refractivity contribution is -0.135. The average molecular weight is 275 g/mol. The molecule has 2 nitrogen and oxygen atoms in total. The molecule has 0 amide bonds. The van der Waals surface area contributed by atoms with Crippen molar-refractivity contribution in [2.45, 2.75) is 45.0 Å². The molecule has 0 heterocycles. The average Bonchev–Trinajstić information content (AvgIpc) is 2.37. The molecule has 0 fully saturated rings. The van der Waals surface area contributed by atoms with Gasteiger partial charge in [0.15, 0.2) is 0 Å². The fourth-order valence-corrected chi connectivity index (χ4v) is 1.85. The second-order valence-electron chi connectivity index (χ2n) is 4.65. The van der Waals surface area contributed by atoms with Gasteiger partial charge in [0.25, 0.3) is 0 Å². The molecule has 5 heteroatoms. The van der Waals surface area contributed by atoms with Gasteiger partial charge >= 0.3 is 6.18 Å². The Morgan fingerprint density at radius 1 is 1.26 bits per heavy atom. The maximum Gasteiger partial charge on any atom is 0.389 e. The van der Waals surface area contributed by atoms with Crippen LogP contribution < -0.4 is 5.32 Å². The van der Waals surface area contributed by atoms with Gasteiger partial charge in [0, 0.05) is 12.5 Å². The van der Waals surface area contributed by atoms with Crippen molar-refractivity contribution in [2.75, 3.05) is 6.54 Å². The van der Waals surface area contributed by atoms with Gasteiger partial charge in [0.05, 0.1) is 6.61 Å². The fourth-order valence-electron chi connectivity index (χ4n) is 1.85. The highest BCUT2D eigenvalue weighted by Gasteiger charge is 2.25. The maximum absolute atomic E-state index is 11.9. The third-order valence-electron chi connectivity index (χ3n) is 2.97. The summed E-state index contributed by atoms with van der Waals surface area (Å²) in [7, 11) is 0. The van der Waals surface area contributed by atoms with E-state index in [-0.39, 0.29) is 19.1 Å². The van der Waals surface area contributed by atoms with Gasteiger partial charge in [-0.05, 0) is 37.4 Å². The van der Waals surface area contributed by atoms with E-state index in [4.69, 9.17) is 5.11 Å². The van der Waals surface area contributed by atoms with E-state index in [9.17, 15) is 13.2 Å². The van der Waals surface area contributed by atoms with Gasteiger partial charge in [0.1, 0.15) is 0 Å². The Morgan fingerprint density at radius 3 is 2.63 bits per heavy atom. The van der Waals surface area contributed by atoms with Gasteiger partial charge < -0.3 is 10.4 Å². The second-order valence-corrected chi connectivity index (χ2v) is 4.65. The molecule has 0 aliphatic rings. The van der Waals surface area contributed by atoms with Crippen molar-refractivity contribution in [3.63, 3.8) is 0 Å². The molecule has 1 unspecified atom stereocenters. The van der Waals surface area contributed by atoms with Gasteiger partial charge in [-0.2, -0.15) is 13.2 Å². The first-order valence-electron chi connectivity index (χ1n) is 6.42. The minimum atomic E-state index is -4.05. The summed E-state index contributed by atoms with van der Waals surface area (Å²) in [6, 6.07) is 7.60. The first kappa shape index (κ1) is 16.0. The van der Waals surface area contributed by atoms with E-state index in [2.05, 4.69) is 5.32 Å². The Balaban J connectivity index is 2.29. The Morgan fingerprint density at radius 2 is 2.00 bits per heavy atom. The van der Waals surface area contributed by atoms with E-state index in [1.165, 1.54) is 0 Å². The van der Waals surface area contributed by atoms with Crippen LogP contribution in [0.3, 0.4) is 0 Å². The Labute approximate surface area is 111 Å². The number of halogens is 3. The molecule has 0 spiro atoms. The van der Waals surface area contributed by atoms with Gasteiger partial charge in [-0.1, -0.05) is 24.3 Å². The number of aliphatic hydroxyl groups excluding tert-OH is 1. The summed E-state index contributed by atoms with van der Waals surface area (Å²) < 4.78 is 35.8. The van der Waals surface area contributed by atoms with E-state index in [1.54, 1.807) is 0 Å². The van der Waals surface area contributed by atoms with Crippen LogP contribution in [0.25, 0.3) is 0 Å². The van der Waals surface area contributed by atoms with Crippen molar-refractivity contribution >= 4 is 0 Å². The zero-order valence-corrected chi connectivity index (χ0v) is 11.0. The minimum absolute atomic E-state index is 0.00779. The second kappa shape index (κ2) is 7.50. The highest BCUT2D eigenvalue weighted by Crippen LogP contribution is 2.22. The molecule has 108 valence electrons. The molecule has 2 N–H and O–H groups in total. The van der Waals surface area contributed by atoms with Crippen LogP contribution in [0.4, 0.5) is 13.2 Å². The highest BCUT2D eigenvalue weighted by molar-refractivity contribution is 5.25. The lowest BCUT2D eigenvalue weighted by Gasteiger charge is -2.15. The Kier molecular flexibility index (Phi) is 6.31. The molecule has 1 rings (SSSR count). The topological polar surface area (TPSA) is 32.3 Å². The summed E-state index contributed by atoms with van der Waals surface area (Å²) in [5, 5.41) is 12.2. The lowest BCUT2D eigenvalue weighted by Crippen LogP contribution is -2.20. The van der Waals surface area contributed by atoms with Crippen LogP contribution in [-0.2, 0) is 6.61 Å². The Bertz CT molecular complexity index is 379. The Hall–Kier alpha value is -1.07. The SMILES string of the molecule is CC(NCCCCC(F)(F)F)c1cccc(CO)c1. The van der Waals surface area contributed by atoms with Crippen molar-refractivity contribution < 1.29 is 18.3 Å². The van der Waals surface area contributed by atoms with E-state index >= 15 is 0 Å². The molecule has 0 saturated carbocycles. The lowest BCUT2D eigenvalue weighted by atomic mass is 10.1. The van der Waals surface area contributed by atoms with Crippen LogP contribution in [0.15, 0.2) is 24.3 Å². The molecule has 0 aliphatic heterocycles. The summed E-state index contributed by atoms with van der Waals surface area (Å²) in [6.07, 6.45) is -4.12. The molecular weight excluding hydrogens is 255 g/mol. The zero-order chi connectivity index (χ0) is 14.3. The largest absolute Gasteiger partial charge is 0.392 e. The minimum Gasteiger partial charge on any atom is -0.392 e. The normalized spacial score (nSPS) is 13.5. The van der Waals surface area contributed by atoms with Crippen LogP contribution in [-0.4, -0.2) is 17.8 Å². The highest BCUT2D eigenvalue weighted by atomic mass is 19.4. The van der Waals surface area contributed by atoms with E-state index < -0.39 is 12.6 Å². The van der Waals surface area contributed by atoms with E-state index in [0.29, 0.717) is 13.0 Å². The molecular formula is C14H20F3NO. The maximum atomic E-state index is 11.9. The molecule has 0 bridgehead atoms. The van der Waals surface area contributed by atoms with Gasteiger partial charge in [-0.25, -0.2) is 0 Å².